The van der Waals surface area contributed by atoms with Gasteiger partial charge in [0.1, 0.15) is 0 Å². The van der Waals surface area contributed by atoms with Gasteiger partial charge in [0.25, 0.3) is 0 Å². The number of hydrogen-bond acceptors (Lipinski definition) is 4. The molecule has 0 spiro atoms. The minimum Gasteiger partial charge on any atom is -0.409 e. The summed E-state index contributed by atoms with van der Waals surface area (Å²) in [5.41, 5.74) is 8.03. The largest absolute Gasteiger partial charge is 0.409 e. The molecule has 0 bridgehead atoms. The van der Waals surface area contributed by atoms with Gasteiger partial charge in [0, 0.05) is 13.6 Å². The van der Waals surface area contributed by atoms with Crippen LogP contribution in [0.4, 0.5) is 0 Å². The third-order valence-corrected chi connectivity index (χ3v) is 4.84. The van der Waals surface area contributed by atoms with E-state index in [0.29, 0.717) is 5.84 Å². The first-order chi connectivity index (χ1) is 9.58. The molecular formula is C13H22BrN5O. The van der Waals surface area contributed by atoms with Crippen molar-refractivity contribution in [1.29, 1.82) is 0 Å². The zero-order valence-electron chi connectivity index (χ0n) is 12.0. The maximum absolute atomic E-state index is 8.93. The lowest BCUT2D eigenvalue weighted by atomic mass is 10.0. The third kappa shape index (κ3) is 2.98. The van der Waals surface area contributed by atoms with Gasteiger partial charge in [-0.15, -0.1) is 0 Å². The van der Waals surface area contributed by atoms with Gasteiger partial charge < -0.3 is 10.9 Å². The van der Waals surface area contributed by atoms with Crippen LogP contribution < -0.4 is 5.73 Å². The van der Waals surface area contributed by atoms with Gasteiger partial charge in [-0.2, -0.15) is 5.10 Å². The van der Waals surface area contributed by atoms with Crippen LogP contribution in [0.15, 0.2) is 9.63 Å². The molecule has 0 radical (unpaired) electrons. The molecule has 1 fully saturated rings. The second kappa shape index (κ2) is 6.58. The number of oxime groups is 1. The van der Waals surface area contributed by atoms with Crippen LogP contribution in [0, 0.1) is 0 Å². The molecular weight excluding hydrogens is 322 g/mol. The van der Waals surface area contributed by atoms with Crippen LogP contribution in [0.25, 0.3) is 0 Å². The monoisotopic (exact) mass is 343 g/mol. The molecule has 0 amide bonds. The Morgan fingerprint density at radius 1 is 1.55 bits per heavy atom. The van der Waals surface area contributed by atoms with Crippen LogP contribution in [0.2, 0.25) is 0 Å². The van der Waals surface area contributed by atoms with Crippen molar-refractivity contribution in [2.45, 2.75) is 45.2 Å². The smallest absolute Gasteiger partial charge is 0.156 e. The van der Waals surface area contributed by atoms with Gasteiger partial charge in [-0.25, -0.2) is 0 Å². The molecule has 1 aromatic rings. The second-order valence-corrected chi connectivity index (χ2v) is 5.98. The standard InChI is InChI=1S/C13H22BrN5O/c1-3-9-12(14)11(18(2)16-9)8-19-7-5-4-6-10(19)13(15)17-20/h10,20H,3-8H2,1-2H3,(H2,15,17). The molecule has 1 aliphatic heterocycles. The van der Waals surface area contributed by atoms with E-state index in [2.05, 4.69) is 38.0 Å². The van der Waals surface area contributed by atoms with E-state index < -0.39 is 0 Å². The quantitative estimate of drug-likeness (QED) is 0.378. The summed E-state index contributed by atoms with van der Waals surface area (Å²) >= 11 is 3.64. The molecule has 1 saturated heterocycles. The van der Waals surface area contributed by atoms with Crippen molar-refractivity contribution < 1.29 is 5.21 Å². The average molecular weight is 344 g/mol. The predicted molar refractivity (Wildman–Crippen MR) is 81.7 cm³/mol. The molecule has 2 heterocycles. The third-order valence-electron chi connectivity index (χ3n) is 3.93. The van der Waals surface area contributed by atoms with Crippen LogP contribution >= 0.6 is 15.9 Å². The molecule has 1 atom stereocenters. The fraction of sp³-hybridized carbons (Fsp3) is 0.692. The molecule has 0 aliphatic carbocycles. The van der Waals surface area contributed by atoms with Gasteiger partial charge in [0.15, 0.2) is 5.84 Å². The lowest BCUT2D eigenvalue weighted by molar-refractivity contribution is 0.174. The molecule has 3 N–H and O–H groups in total. The topological polar surface area (TPSA) is 79.7 Å². The molecule has 0 saturated carbocycles. The number of aryl methyl sites for hydroxylation is 2. The van der Waals surface area contributed by atoms with Crippen molar-refractivity contribution in [3.8, 4) is 0 Å². The molecule has 6 nitrogen and oxygen atoms in total. The molecule has 20 heavy (non-hydrogen) atoms. The number of aromatic nitrogens is 2. The average Bonchev–Trinajstić information content (AvgIpc) is 2.74. The molecule has 1 unspecified atom stereocenters. The van der Waals surface area contributed by atoms with E-state index in [1.165, 1.54) is 0 Å². The van der Waals surface area contributed by atoms with Gasteiger partial charge in [-0.05, 0) is 41.7 Å². The molecule has 2 rings (SSSR count). The van der Waals surface area contributed by atoms with E-state index in [1.54, 1.807) is 0 Å². The summed E-state index contributed by atoms with van der Waals surface area (Å²) in [6.07, 6.45) is 4.10. The normalized spacial score (nSPS) is 21.4. The van der Waals surface area contributed by atoms with Gasteiger partial charge in [0.2, 0.25) is 0 Å². The van der Waals surface area contributed by atoms with Crippen molar-refractivity contribution in [3.63, 3.8) is 0 Å². The van der Waals surface area contributed by atoms with Crippen LogP contribution in [0.1, 0.15) is 37.6 Å². The Morgan fingerprint density at radius 3 is 2.90 bits per heavy atom. The summed E-state index contributed by atoms with van der Waals surface area (Å²) in [5.74, 6) is 0.304. The highest BCUT2D eigenvalue weighted by atomic mass is 79.9. The number of halogens is 1. The number of piperidine rings is 1. The summed E-state index contributed by atoms with van der Waals surface area (Å²) in [5, 5.41) is 16.6. The van der Waals surface area contributed by atoms with Gasteiger partial charge >= 0.3 is 0 Å². The number of nitrogens with two attached hydrogens (primary N) is 1. The molecule has 7 heteroatoms. The zero-order valence-corrected chi connectivity index (χ0v) is 13.6. The first-order valence-electron chi connectivity index (χ1n) is 7.00. The minimum absolute atomic E-state index is 0.0145. The van der Waals surface area contributed by atoms with Crippen molar-refractivity contribution >= 4 is 21.8 Å². The van der Waals surface area contributed by atoms with Crippen molar-refractivity contribution in [2.24, 2.45) is 17.9 Å². The Kier molecular flexibility index (Phi) is 5.04. The number of hydrogen-bond donors (Lipinski definition) is 2. The van der Waals surface area contributed by atoms with Crippen LogP contribution in [0.3, 0.4) is 0 Å². The summed E-state index contributed by atoms with van der Waals surface area (Å²) < 4.78 is 2.99. The zero-order chi connectivity index (χ0) is 14.7. The lowest BCUT2D eigenvalue weighted by Gasteiger charge is -2.34. The van der Waals surface area contributed by atoms with Crippen molar-refractivity contribution in [1.82, 2.24) is 14.7 Å². The van der Waals surface area contributed by atoms with E-state index in [9.17, 15) is 0 Å². The highest BCUT2D eigenvalue weighted by Gasteiger charge is 2.27. The maximum Gasteiger partial charge on any atom is 0.156 e. The number of rotatable bonds is 4. The van der Waals surface area contributed by atoms with E-state index >= 15 is 0 Å². The summed E-state index contributed by atoms with van der Waals surface area (Å²) in [7, 11) is 1.96. The lowest BCUT2D eigenvalue weighted by Crippen LogP contribution is -2.47. The van der Waals surface area contributed by atoms with Crippen LogP contribution in [-0.2, 0) is 20.0 Å². The molecule has 0 aromatic carbocycles. The molecule has 112 valence electrons. The molecule has 1 aromatic heterocycles. The highest BCUT2D eigenvalue weighted by Crippen LogP contribution is 2.26. The van der Waals surface area contributed by atoms with Crippen molar-refractivity contribution in [2.75, 3.05) is 6.54 Å². The fourth-order valence-electron chi connectivity index (χ4n) is 2.77. The Balaban J connectivity index is 2.21. The van der Waals surface area contributed by atoms with Crippen LogP contribution in [0.5, 0.6) is 0 Å². The minimum atomic E-state index is 0.0145. The Morgan fingerprint density at radius 2 is 2.30 bits per heavy atom. The Labute approximate surface area is 127 Å². The first kappa shape index (κ1) is 15.3. The van der Waals surface area contributed by atoms with E-state index in [0.717, 1.165) is 54.6 Å². The SMILES string of the molecule is CCc1nn(C)c(CN2CCCCC2C(N)=NO)c1Br. The fourth-order valence-corrected chi connectivity index (χ4v) is 3.51. The van der Waals surface area contributed by atoms with Gasteiger partial charge in [-0.1, -0.05) is 18.5 Å². The second-order valence-electron chi connectivity index (χ2n) is 5.19. The van der Waals surface area contributed by atoms with E-state index in [4.69, 9.17) is 10.9 Å². The van der Waals surface area contributed by atoms with Gasteiger partial charge in [-0.3, -0.25) is 9.58 Å². The first-order valence-corrected chi connectivity index (χ1v) is 7.79. The Hall–Kier alpha value is -1.08. The van der Waals surface area contributed by atoms with Gasteiger partial charge in [0.05, 0.1) is 21.9 Å². The highest BCUT2D eigenvalue weighted by molar-refractivity contribution is 9.10. The number of amidine groups is 1. The number of likely N-dealkylation sites (tertiary alicyclic amines) is 1. The van der Waals surface area contributed by atoms with Crippen molar-refractivity contribution in [3.05, 3.63) is 15.9 Å². The predicted octanol–water partition coefficient (Wildman–Crippen LogP) is 1.85. The number of nitrogens with zero attached hydrogens (tertiary/aromatic N) is 4. The Bertz CT molecular complexity index is 499. The summed E-state index contributed by atoms with van der Waals surface area (Å²) in [6, 6.07) is 0.0145. The summed E-state index contributed by atoms with van der Waals surface area (Å²) in [6.45, 7) is 3.81. The van der Waals surface area contributed by atoms with E-state index in [1.807, 2.05) is 11.7 Å². The van der Waals surface area contributed by atoms with E-state index in [-0.39, 0.29) is 6.04 Å². The molecule has 1 aliphatic rings. The maximum atomic E-state index is 8.93. The summed E-state index contributed by atoms with van der Waals surface area (Å²) in [4.78, 5) is 2.26. The van der Waals surface area contributed by atoms with Crippen LogP contribution in [-0.4, -0.2) is 38.3 Å².